The van der Waals surface area contributed by atoms with Crippen molar-refractivity contribution >= 4 is 17.6 Å². The van der Waals surface area contributed by atoms with Crippen LogP contribution in [0.15, 0.2) is 85.1 Å². The largest absolute Gasteiger partial charge is 0.492 e. The summed E-state index contributed by atoms with van der Waals surface area (Å²) >= 11 is 0. The van der Waals surface area contributed by atoms with E-state index in [1.807, 2.05) is 60.7 Å². The average molecular weight is 511 g/mol. The van der Waals surface area contributed by atoms with Crippen LogP contribution in [0, 0.1) is 0 Å². The van der Waals surface area contributed by atoms with Gasteiger partial charge in [0.25, 0.3) is 0 Å². The molecule has 4 aromatic rings. The van der Waals surface area contributed by atoms with E-state index in [-0.39, 0.29) is 6.42 Å². The predicted octanol–water partition coefficient (Wildman–Crippen LogP) is 5.88. The van der Waals surface area contributed by atoms with Crippen molar-refractivity contribution in [3.05, 3.63) is 102 Å². The Bertz CT molecular complexity index is 1350. The highest BCUT2D eigenvalue weighted by atomic mass is 16.5. The number of para-hydroxylation sites is 1. The van der Waals surface area contributed by atoms with E-state index in [1.165, 1.54) is 5.56 Å². The number of aryl methyl sites for hydroxylation is 1. The summed E-state index contributed by atoms with van der Waals surface area (Å²) in [6, 6.07) is 24.2. The molecule has 1 aliphatic rings. The third-order valence-electron chi connectivity index (χ3n) is 6.28. The number of carboxylic acid groups (broad SMARTS) is 1. The van der Waals surface area contributed by atoms with E-state index in [4.69, 9.17) is 14.5 Å². The molecule has 0 aliphatic carbocycles. The molecule has 5 rings (SSSR count). The van der Waals surface area contributed by atoms with Gasteiger partial charge in [-0.2, -0.15) is 0 Å². The molecule has 0 amide bonds. The van der Waals surface area contributed by atoms with Crippen molar-refractivity contribution in [1.82, 2.24) is 9.97 Å². The van der Waals surface area contributed by atoms with Crippen LogP contribution >= 0.6 is 0 Å². The van der Waals surface area contributed by atoms with E-state index in [9.17, 15) is 9.90 Å². The highest BCUT2D eigenvalue weighted by Crippen LogP contribution is 2.27. The number of nitrogens with one attached hydrogen (secondary N) is 2. The fourth-order valence-corrected chi connectivity index (χ4v) is 4.33. The molecular weight excluding hydrogens is 480 g/mol. The lowest BCUT2D eigenvalue weighted by Crippen LogP contribution is -2.16. The molecule has 0 spiro atoms. The molecule has 8 heteroatoms. The van der Waals surface area contributed by atoms with Crippen molar-refractivity contribution < 1.29 is 19.4 Å². The Labute approximate surface area is 221 Å². The molecule has 0 bridgehead atoms. The van der Waals surface area contributed by atoms with Crippen molar-refractivity contribution in [3.63, 3.8) is 0 Å². The first-order chi connectivity index (χ1) is 18.6. The highest BCUT2D eigenvalue weighted by molar-refractivity contribution is 5.68. The van der Waals surface area contributed by atoms with Crippen molar-refractivity contribution in [1.29, 1.82) is 0 Å². The molecule has 0 saturated carbocycles. The lowest BCUT2D eigenvalue weighted by Gasteiger charge is -2.19. The van der Waals surface area contributed by atoms with Crippen molar-refractivity contribution in [2.75, 3.05) is 23.8 Å². The van der Waals surface area contributed by atoms with Gasteiger partial charge in [0.2, 0.25) is 0 Å². The SMILES string of the molecule is O=C(O)CC(Nc1ccc(OCCc2ccc3c(n2)NCCC3)cn1)c1ccc(Oc2ccccc2)cc1. The monoisotopic (exact) mass is 510 g/mol. The highest BCUT2D eigenvalue weighted by Gasteiger charge is 2.17. The molecule has 1 aliphatic heterocycles. The maximum atomic E-state index is 11.5. The standard InChI is InChI=1S/C30H30N4O4/c35-29(36)19-27(21-9-12-25(13-10-21)38-24-6-2-1-3-7-24)34-28-15-14-26(20-32-28)37-18-16-23-11-8-22-5-4-17-31-30(22)33-23/h1-3,6-15,20,27H,4-5,16-19H2,(H,31,33)(H,32,34)(H,35,36). The first-order valence-corrected chi connectivity index (χ1v) is 12.7. The molecule has 0 radical (unpaired) electrons. The van der Waals surface area contributed by atoms with Crippen LogP contribution in [0.3, 0.4) is 0 Å². The normalized spacial score (nSPS) is 13.1. The molecule has 2 aromatic carbocycles. The Hall–Kier alpha value is -4.59. The molecule has 3 heterocycles. The van der Waals surface area contributed by atoms with Gasteiger partial charge in [-0.25, -0.2) is 9.97 Å². The molecular formula is C30H30N4O4. The number of aromatic nitrogens is 2. The zero-order valence-corrected chi connectivity index (χ0v) is 21.0. The number of carboxylic acids is 1. The van der Waals surface area contributed by atoms with E-state index >= 15 is 0 Å². The van der Waals surface area contributed by atoms with Gasteiger partial charge in [0.15, 0.2) is 0 Å². The number of aliphatic carboxylic acids is 1. The summed E-state index contributed by atoms with van der Waals surface area (Å²) in [5, 5.41) is 16.0. The number of anilines is 2. The summed E-state index contributed by atoms with van der Waals surface area (Å²) in [5.41, 5.74) is 3.08. The van der Waals surface area contributed by atoms with Crippen molar-refractivity contribution in [3.8, 4) is 17.2 Å². The Morgan fingerprint density at radius 2 is 1.76 bits per heavy atom. The molecule has 1 unspecified atom stereocenters. The maximum absolute atomic E-state index is 11.5. The molecule has 1 atom stereocenters. The quantitative estimate of drug-likeness (QED) is 0.230. The fourth-order valence-electron chi connectivity index (χ4n) is 4.33. The van der Waals surface area contributed by atoms with Gasteiger partial charge in [-0.05, 0) is 66.4 Å². The summed E-state index contributed by atoms with van der Waals surface area (Å²) in [6.07, 6.45) is 4.45. The molecule has 2 aromatic heterocycles. The molecule has 38 heavy (non-hydrogen) atoms. The van der Waals surface area contributed by atoms with Crippen LogP contribution in [0.25, 0.3) is 0 Å². The minimum atomic E-state index is -0.905. The zero-order chi connectivity index (χ0) is 26.2. The number of nitrogens with zero attached hydrogens (tertiary/aromatic N) is 2. The minimum absolute atomic E-state index is 0.0958. The van der Waals surface area contributed by atoms with Gasteiger partial charge in [0, 0.05) is 18.7 Å². The van der Waals surface area contributed by atoms with E-state index in [0.29, 0.717) is 30.3 Å². The van der Waals surface area contributed by atoms with Gasteiger partial charge in [-0.3, -0.25) is 4.79 Å². The second-order valence-electron chi connectivity index (χ2n) is 9.10. The van der Waals surface area contributed by atoms with E-state index in [2.05, 4.69) is 27.8 Å². The van der Waals surface area contributed by atoms with E-state index in [1.54, 1.807) is 12.3 Å². The topological polar surface area (TPSA) is 106 Å². The van der Waals surface area contributed by atoms with Crippen LogP contribution in [0.5, 0.6) is 17.2 Å². The van der Waals surface area contributed by atoms with Crippen molar-refractivity contribution in [2.45, 2.75) is 31.7 Å². The van der Waals surface area contributed by atoms with E-state index < -0.39 is 12.0 Å². The van der Waals surface area contributed by atoms with Crippen LogP contribution in [-0.4, -0.2) is 34.2 Å². The number of fused-ring (bicyclic) bond motifs is 1. The van der Waals surface area contributed by atoms with Gasteiger partial charge >= 0.3 is 5.97 Å². The first-order valence-electron chi connectivity index (χ1n) is 12.7. The Morgan fingerprint density at radius 3 is 2.53 bits per heavy atom. The minimum Gasteiger partial charge on any atom is -0.492 e. The smallest absolute Gasteiger partial charge is 0.305 e. The zero-order valence-electron chi connectivity index (χ0n) is 21.0. The Balaban J connectivity index is 1.16. The summed E-state index contributed by atoms with van der Waals surface area (Å²) in [6.45, 7) is 1.45. The molecule has 0 fully saturated rings. The Kier molecular flexibility index (Phi) is 7.98. The number of carbonyl (C=O) groups is 1. The van der Waals surface area contributed by atoms with Gasteiger partial charge in [-0.1, -0.05) is 36.4 Å². The van der Waals surface area contributed by atoms with E-state index in [0.717, 1.165) is 42.2 Å². The number of benzene rings is 2. The average Bonchev–Trinajstić information content (AvgIpc) is 2.94. The van der Waals surface area contributed by atoms with Crippen LogP contribution < -0.4 is 20.1 Å². The second-order valence-corrected chi connectivity index (χ2v) is 9.10. The van der Waals surface area contributed by atoms with Crippen LogP contribution in [0.1, 0.15) is 35.7 Å². The molecule has 194 valence electrons. The van der Waals surface area contributed by atoms with Gasteiger partial charge in [-0.15, -0.1) is 0 Å². The number of rotatable bonds is 11. The fraction of sp³-hybridized carbons (Fsp3) is 0.233. The van der Waals surface area contributed by atoms with Crippen LogP contribution in [-0.2, 0) is 17.6 Å². The Morgan fingerprint density at radius 1 is 0.974 bits per heavy atom. The third kappa shape index (κ3) is 6.79. The summed E-state index contributed by atoms with van der Waals surface area (Å²) < 4.78 is 11.7. The summed E-state index contributed by atoms with van der Waals surface area (Å²) in [4.78, 5) is 20.7. The number of hydrogen-bond acceptors (Lipinski definition) is 7. The first kappa shape index (κ1) is 25.1. The predicted molar refractivity (Wildman–Crippen MR) is 146 cm³/mol. The molecule has 3 N–H and O–H groups in total. The maximum Gasteiger partial charge on any atom is 0.305 e. The number of ether oxygens (including phenoxy) is 2. The number of pyridine rings is 2. The van der Waals surface area contributed by atoms with Gasteiger partial charge in [0.1, 0.15) is 28.9 Å². The lowest BCUT2D eigenvalue weighted by atomic mass is 10.0. The van der Waals surface area contributed by atoms with Gasteiger partial charge < -0.3 is 25.2 Å². The molecule has 8 nitrogen and oxygen atoms in total. The summed E-state index contributed by atoms with van der Waals surface area (Å²) in [7, 11) is 0. The third-order valence-corrected chi connectivity index (χ3v) is 6.28. The van der Waals surface area contributed by atoms with Crippen LogP contribution in [0.2, 0.25) is 0 Å². The summed E-state index contributed by atoms with van der Waals surface area (Å²) in [5.74, 6) is 2.70. The van der Waals surface area contributed by atoms with Crippen LogP contribution in [0.4, 0.5) is 11.6 Å². The second kappa shape index (κ2) is 12.1. The number of hydrogen-bond donors (Lipinski definition) is 3. The van der Waals surface area contributed by atoms with Crippen molar-refractivity contribution in [2.24, 2.45) is 0 Å². The molecule has 0 saturated heterocycles. The van der Waals surface area contributed by atoms with Gasteiger partial charge in [0.05, 0.1) is 25.3 Å². The lowest BCUT2D eigenvalue weighted by molar-refractivity contribution is -0.137.